The van der Waals surface area contributed by atoms with Gasteiger partial charge in [-0.25, -0.2) is 4.79 Å². The number of methoxy groups -OCH3 is 2. The van der Waals surface area contributed by atoms with Crippen molar-refractivity contribution >= 4 is 12.3 Å². The van der Waals surface area contributed by atoms with Gasteiger partial charge in [0.15, 0.2) is 5.54 Å². The van der Waals surface area contributed by atoms with Crippen molar-refractivity contribution < 1.29 is 14.3 Å². The van der Waals surface area contributed by atoms with Crippen LogP contribution in [0.3, 0.4) is 0 Å². The predicted octanol–water partition coefficient (Wildman–Crippen LogP) is 3.89. The first kappa shape index (κ1) is 19.9. The maximum absolute atomic E-state index is 13.1. The molecule has 0 radical (unpaired) electrons. The smallest absolute Gasteiger partial charge is 0.336 e. The Balaban J connectivity index is 2.08. The van der Waals surface area contributed by atoms with Gasteiger partial charge in [0.25, 0.3) is 0 Å². The number of hydrogen-bond acceptors (Lipinski definition) is 5. The summed E-state index contributed by atoms with van der Waals surface area (Å²) in [5, 5.41) is 0. The van der Waals surface area contributed by atoms with Gasteiger partial charge < -0.3 is 14.4 Å². The third-order valence-corrected chi connectivity index (χ3v) is 5.08. The molecule has 0 aromatic heterocycles. The van der Waals surface area contributed by atoms with Crippen molar-refractivity contribution in [2.45, 2.75) is 31.8 Å². The lowest BCUT2D eigenvalue weighted by Crippen LogP contribution is -2.48. The van der Waals surface area contributed by atoms with Crippen LogP contribution < -0.4 is 4.74 Å². The van der Waals surface area contributed by atoms with Gasteiger partial charge in [0.2, 0.25) is 0 Å². The monoisotopic (exact) mass is 380 g/mol. The highest BCUT2D eigenvalue weighted by Gasteiger charge is 2.53. The van der Waals surface area contributed by atoms with Crippen LogP contribution in [0, 0.1) is 5.92 Å². The Morgan fingerprint density at radius 3 is 2.36 bits per heavy atom. The molecule has 28 heavy (non-hydrogen) atoms. The fourth-order valence-corrected chi connectivity index (χ4v) is 3.88. The van der Waals surface area contributed by atoms with E-state index in [-0.39, 0.29) is 12.0 Å². The Morgan fingerprint density at radius 1 is 1.11 bits per heavy atom. The number of esters is 1. The van der Waals surface area contributed by atoms with Gasteiger partial charge in [0.1, 0.15) is 5.75 Å². The first-order valence-electron chi connectivity index (χ1n) is 9.57. The molecule has 0 fully saturated rings. The van der Waals surface area contributed by atoms with Crippen LogP contribution in [0.25, 0.3) is 0 Å². The molecule has 2 aromatic carbocycles. The lowest BCUT2D eigenvalue weighted by Gasteiger charge is -2.36. The fourth-order valence-electron chi connectivity index (χ4n) is 3.88. The molecule has 0 N–H and O–H groups in total. The van der Waals surface area contributed by atoms with E-state index >= 15 is 0 Å². The van der Waals surface area contributed by atoms with Gasteiger partial charge in [-0.05, 0) is 29.2 Å². The molecule has 2 aromatic rings. The zero-order chi connectivity index (χ0) is 20.1. The van der Waals surface area contributed by atoms with E-state index in [1.54, 1.807) is 7.11 Å². The zero-order valence-corrected chi connectivity index (χ0v) is 17.0. The summed E-state index contributed by atoms with van der Waals surface area (Å²) in [6, 6.07) is 17.6. The number of carbonyl (C=O) groups excluding carboxylic acids is 1. The van der Waals surface area contributed by atoms with E-state index in [2.05, 4.69) is 18.7 Å². The highest BCUT2D eigenvalue weighted by Crippen LogP contribution is 2.42. The minimum Gasteiger partial charge on any atom is -0.497 e. The Kier molecular flexibility index (Phi) is 6.02. The highest BCUT2D eigenvalue weighted by molar-refractivity contribution is 5.87. The summed E-state index contributed by atoms with van der Waals surface area (Å²) >= 11 is 0. The van der Waals surface area contributed by atoms with Crippen LogP contribution in [0.2, 0.25) is 0 Å². The van der Waals surface area contributed by atoms with Crippen LogP contribution in [0.5, 0.6) is 5.75 Å². The Labute approximate surface area is 167 Å². The van der Waals surface area contributed by atoms with Crippen LogP contribution in [-0.2, 0) is 16.0 Å². The summed E-state index contributed by atoms with van der Waals surface area (Å²) in [7, 11) is 3.08. The van der Waals surface area contributed by atoms with E-state index in [1.165, 1.54) is 7.11 Å². The molecule has 0 saturated carbocycles. The minimum atomic E-state index is -1.03. The third-order valence-electron chi connectivity index (χ3n) is 5.08. The lowest BCUT2D eigenvalue weighted by molar-refractivity contribution is -0.148. The van der Waals surface area contributed by atoms with E-state index in [4.69, 9.17) is 14.5 Å². The van der Waals surface area contributed by atoms with Crippen molar-refractivity contribution in [3.05, 3.63) is 65.7 Å². The second kappa shape index (κ2) is 8.46. The molecule has 0 spiro atoms. The summed E-state index contributed by atoms with van der Waals surface area (Å²) in [4.78, 5) is 20.0. The van der Waals surface area contributed by atoms with Crippen molar-refractivity contribution in [2.24, 2.45) is 10.9 Å². The van der Waals surface area contributed by atoms with Gasteiger partial charge in [0, 0.05) is 13.0 Å². The molecule has 1 aliphatic heterocycles. The van der Waals surface area contributed by atoms with Gasteiger partial charge in [-0.2, -0.15) is 0 Å². The molecule has 148 valence electrons. The number of carbonyl (C=O) groups is 1. The quantitative estimate of drug-likeness (QED) is 0.684. The molecule has 5 nitrogen and oxygen atoms in total. The molecule has 0 aliphatic carbocycles. The summed E-state index contributed by atoms with van der Waals surface area (Å²) in [5.74, 6) is 0.891. The van der Waals surface area contributed by atoms with E-state index in [9.17, 15) is 4.79 Å². The second-order valence-electron chi connectivity index (χ2n) is 7.59. The van der Waals surface area contributed by atoms with Crippen LogP contribution in [0.4, 0.5) is 0 Å². The van der Waals surface area contributed by atoms with E-state index < -0.39 is 5.54 Å². The highest BCUT2D eigenvalue weighted by atomic mass is 16.5. The summed E-state index contributed by atoms with van der Waals surface area (Å²) in [6.45, 7) is 5.12. The van der Waals surface area contributed by atoms with Gasteiger partial charge >= 0.3 is 5.97 Å². The topological polar surface area (TPSA) is 51.1 Å². The molecule has 0 bridgehead atoms. The normalized spacial score (nSPS) is 21.2. The molecule has 0 saturated heterocycles. The van der Waals surface area contributed by atoms with Crippen LogP contribution in [0.1, 0.15) is 31.0 Å². The number of benzene rings is 2. The fraction of sp³-hybridized carbons (Fsp3) is 0.391. The summed E-state index contributed by atoms with van der Waals surface area (Å²) in [5.41, 5.74) is 1.04. The molecular formula is C23H28N2O3. The molecule has 5 heteroatoms. The van der Waals surface area contributed by atoms with Crippen molar-refractivity contribution in [1.29, 1.82) is 0 Å². The molecule has 0 amide bonds. The Hall–Kier alpha value is -2.82. The van der Waals surface area contributed by atoms with E-state index in [1.807, 2.05) is 60.9 Å². The van der Waals surface area contributed by atoms with Crippen molar-refractivity contribution in [2.75, 3.05) is 20.8 Å². The number of rotatable bonds is 7. The maximum atomic E-state index is 13.1. The van der Waals surface area contributed by atoms with Gasteiger partial charge in [-0.3, -0.25) is 4.99 Å². The zero-order valence-electron chi connectivity index (χ0n) is 17.0. The van der Waals surface area contributed by atoms with Gasteiger partial charge in [-0.15, -0.1) is 0 Å². The summed E-state index contributed by atoms with van der Waals surface area (Å²) in [6.07, 6.45) is 2.29. The molecule has 1 aliphatic rings. The van der Waals surface area contributed by atoms with Gasteiger partial charge in [-0.1, -0.05) is 56.3 Å². The third kappa shape index (κ3) is 3.88. The Morgan fingerprint density at radius 2 is 1.79 bits per heavy atom. The molecular weight excluding hydrogens is 352 g/mol. The van der Waals surface area contributed by atoms with Crippen LogP contribution in [-0.4, -0.2) is 43.5 Å². The summed E-state index contributed by atoms with van der Waals surface area (Å²) < 4.78 is 10.6. The van der Waals surface area contributed by atoms with Crippen LogP contribution in [0.15, 0.2) is 59.6 Å². The molecule has 1 heterocycles. The molecule has 2 unspecified atom stereocenters. The number of aliphatic imine (C=N–C) groups is 1. The second-order valence-corrected chi connectivity index (χ2v) is 7.59. The average Bonchev–Trinajstić information content (AvgIpc) is 3.06. The average molecular weight is 380 g/mol. The molecule has 2 atom stereocenters. The maximum Gasteiger partial charge on any atom is 0.336 e. The first-order valence-corrected chi connectivity index (χ1v) is 9.57. The van der Waals surface area contributed by atoms with Crippen molar-refractivity contribution in [3.8, 4) is 5.75 Å². The predicted molar refractivity (Wildman–Crippen MR) is 111 cm³/mol. The minimum absolute atomic E-state index is 0.242. The SMILES string of the molecule is COC(=O)C1(Cc2ccccc2)N=CN(CC(C)C)C1c1ccc(OC)cc1. The van der Waals surface area contributed by atoms with E-state index in [0.29, 0.717) is 12.3 Å². The van der Waals surface area contributed by atoms with Crippen LogP contribution >= 0.6 is 0 Å². The largest absolute Gasteiger partial charge is 0.497 e. The number of ether oxygens (including phenoxy) is 2. The van der Waals surface area contributed by atoms with E-state index in [0.717, 1.165) is 23.4 Å². The van der Waals surface area contributed by atoms with Crippen molar-refractivity contribution in [3.63, 3.8) is 0 Å². The standard InChI is InChI=1S/C23H28N2O3/c1-17(2)15-25-16-24-23(22(26)28-4,14-18-8-6-5-7-9-18)21(25)19-10-12-20(27-3)13-11-19/h5-13,16-17,21H,14-15H2,1-4H3. The molecule has 3 rings (SSSR count). The van der Waals surface area contributed by atoms with Gasteiger partial charge in [0.05, 0.1) is 26.6 Å². The number of nitrogens with zero attached hydrogens (tertiary/aromatic N) is 2. The van der Waals surface area contributed by atoms with Crippen molar-refractivity contribution in [1.82, 2.24) is 4.90 Å². The number of hydrogen-bond donors (Lipinski definition) is 0. The lowest BCUT2D eigenvalue weighted by atomic mass is 9.80. The first-order chi connectivity index (χ1) is 13.5. The Bertz CT molecular complexity index is 818.